The van der Waals surface area contributed by atoms with Gasteiger partial charge in [-0.3, -0.25) is 14.6 Å². The number of fused-ring (bicyclic) bond motifs is 1. The fraction of sp³-hybridized carbons (Fsp3) is 0.300. The van der Waals surface area contributed by atoms with Crippen LogP contribution in [0.2, 0.25) is 5.02 Å². The lowest BCUT2D eigenvalue weighted by Crippen LogP contribution is -2.52. The lowest BCUT2D eigenvalue weighted by atomic mass is 9.80. The van der Waals surface area contributed by atoms with Crippen LogP contribution in [0.15, 0.2) is 48.5 Å². The molecule has 0 aromatic heterocycles. The molecule has 1 amide bonds. The molecule has 0 radical (unpaired) electrons. The molecule has 2 aromatic rings. The second-order valence-electron chi connectivity index (χ2n) is 6.71. The van der Waals surface area contributed by atoms with Crippen LogP contribution in [0.25, 0.3) is 0 Å². The summed E-state index contributed by atoms with van der Waals surface area (Å²) in [5.41, 5.74) is 1.81. The minimum Gasteiger partial charge on any atom is -0.481 e. The predicted octanol–water partition coefficient (Wildman–Crippen LogP) is 3.72. The van der Waals surface area contributed by atoms with Crippen LogP contribution >= 0.6 is 11.6 Å². The lowest BCUT2D eigenvalue weighted by Gasteiger charge is -2.44. The zero-order valence-electron chi connectivity index (χ0n) is 14.1. The minimum atomic E-state index is -0.936. The Morgan fingerprint density at radius 3 is 2.35 bits per heavy atom. The van der Waals surface area contributed by atoms with E-state index in [0.717, 1.165) is 31.5 Å². The maximum atomic E-state index is 13.3. The number of benzene rings is 2. The van der Waals surface area contributed by atoms with E-state index >= 15 is 0 Å². The van der Waals surface area contributed by atoms with E-state index in [2.05, 4.69) is 0 Å². The molecular formula is C20H19ClN2O3. The molecule has 2 aliphatic heterocycles. The predicted molar refractivity (Wildman–Crippen MR) is 98.0 cm³/mol. The number of halogens is 1. The number of rotatable bonds is 3. The molecule has 2 unspecified atom stereocenters. The highest BCUT2D eigenvalue weighted by atomic mass is 35.5. The first kappa shape index (κ1) is 17.1. The van der Waals surface area contributed by atoms with Gasteiger partial charge in [-0.15, -0.1) is 0 Å². The average molecular weight is 371 g/mol. The highest BCUT2D eigenvalue weighted by molar-refractivity contribution is 6.30. The Hall–Kier alpha value is -2.37. The number of hydrazine groups is 1. The Bertz CT molecular complexity index is 846. The van der Waals surface area contributed by atoms with E-state index in [4.69, 9.17) is 11.6 Å². The summed E-state index contributed by atoms with van der Waals surface area (Å²) >= 11 is 6.02. The molecule has 2 aromatic carbocycles. The van der Waals surface area contributed by atoms with Gasteiger partial charge in [0.05, 0.1) is 6.04 Å². The third-order valence-electron chi connectivity index (χ3n) is 5.18. The van der Waals surface area contributed by atoms with Crippen LogP contribution in [-0.2, 0) is 4.79 Å². The highest BCUT2D eigenvalue weighted by Crippen LogP contribution is 2.44. The van der Waals surface area contributed by atoms with Crippen molar-refractivity contribution in [3.63, 3.8) is 0 Å². The summed E-state index contributed by atoms with van der Waals surface area (Å²) in [7, 11) is 0. The summed E-state index contributed by atoms with van der Waals surface area (Å²) in [5, 5.41) is 14.3. The second-order valence-corrected chi connectivity index (χ2v) is 7.15. The van der Waals surface area contributed by atoms with E-state index in [9.17, 15) is 14.7 Å². The summed E-state index contributed by atoms with van der Waals surface area (Å²) in [4.78, 5) is 25.5. The van der Waals surface area contributed by atoms with Crippen molar-refractivity contribution in [3.8, 4) is 0 Å². The van der Waals surface area contributed by atoms with Gasteiger partial charge in [-0.1, -0.05) is 41.9 Å². The van der Waals surface area contributed by atoms with Crippen molar-refractivity contribution in [2.45, 2.75) is 24.8 Å². The van der Waals surface area contributed by atoms with Crippen LogP contribution in [0.4, 0.5) is 0 Å². The van der Waals surface area contributed by atoms with Gasteiger partial charge < -0.3 is 5.11 Å². The quantitative estimate of drug-likeness (QED) is 0.894. The van der Waals surface area contributed by atoms with Gasteiger partial charge in [-0.25, -0.2) is 5.01 Å². The Morgan fingerprint density at radius 2 is 1.69 bits per heavy atom. The number of carboxylic acid groups (broad SMARTS) is 1. The smallest absolute Gasteiger partial charge is 0.313 e. The van der Waals surface area contributed by atoms with Crippen molar-refractivity contribution >= 4 is 23.5 Å². The summed E-state index contributed by atoms with van der Waals surface area (Å²) in [6.45, 7) is 1.51. The third-order valence-corrected chi connectivity index (χ3v) is 5.43. The largest absolute Gasteiger partial charge is 0.481 e. The molecule has 0 aliphatic carbocycles. The Labute approximate surface area is 156 Å². The Kier molecular flexibility index (Phi) is 4.42. The van der Waals surface area contributed by atoms with Gasteiger partial charge in [-0.05, 0) is 42.2 Å². The molecule has 1 N–H and O–H groups in total. The van der Waals surface area contributed by atoms with Gasteiger partial charge >= 0.3 is 5.97 Å². The fourth-order valence-electron chi connectivity index (χ4n) is 4.01. The zero-order chi connectivity index (χ0) is 18.3. The van der Waals surface area contributed by atoms with Crippen molar-refractivity contribution in [1.82, 2.24) is 10.0 Å². The average Bonchev–Trinajstić information content (AvgIpc) is 3.16. The molecule has 4 rings (SSSR count). The number of amides is 1. The molecule has 2 heterocycles. The molecule has 0 saturated carbocycles. The number of carbonyl (C=O) groups excluding carboxylic acids is 1. The van der Waals surface area contributed by atoms with Crippen LogP contribution in [0.3, 0.4) is 0 Å². The maximum Gasteiger partial charge on any atom is 0.313 e. The monoisotopic (exact) mass is 370 g/mol. The standard InChI is InChI=1S/C20H19ClN2O3/c21-14-9-7-13(8-10-14)18-17(20(25)26)15-5-1-2-6-16(15)19(24)23(18)22-11-3-4-12-22/h1-2,5-10,17-18H,3-4,11-12H2,(H,25,26). The molecule has 26 heavy (non-hydrogen) atoms. The zero-order valence-corrected chi connectivity index (χ0v) is 14.9. The van der Waals surface area contributed by atoms with Crippen LogP contribution in [0.1, 0.15) is 46.3 Å². The van der Waals surface area contributed by atoms with E-state index in [1.807, 2.05) is 17.1 Å². The first-order valence-electron chi connectivity index (χ1n) is 8.73. The maximum absolute atomic E-state index is 13.3. The van der Waals surface area contributed by atoms with Crippen molar-refractivity contribution in [2.75, 3.05) is 13.1 Å². The van der Waals surface area contributed by atoms with Gasteiger partial charge in [0.2, 0.25) is 0 Å². The summed E-state index contributed by atoms with van der Waals surface area (Å²) in [6.07, 6.45) is 1.99. The molecule has 5 nitrogen and oxygen atoms in total. The van der Waals surface area contributed by atoms with Crippen LogP contribution in [-0.4, -0.2) is 40.1 Å². The molecule has 1 fully saturated rings. The lowest BCUT2D eigenvalue weighted by molar-refractivity contribution is -0.143. The minimum absolute atomic E-state index is 0.139. The Morgan fingerprint density at radius 1 is 1.04 bits per heavy atom. The van der Waals surface area contributed by atoms with Crippen LogP contribution < -0.4 is 0 Å². The van der Waals surface area contributed by atoms with Gasteiger partial charge in [-0.2, -0.15) is 0 Å². The number of nitrogens with zero attached hydrogens (tertiary/aromatic N) is 2. The van der Waals surface area contributed by atoms with E-state index in [1.165, 1.54) is 0 Å². The van der Waals surface area contributed by atoms with Crippen LogP contribution in [0, 0.1) is 0 Å². The highest BCUT2D eigenvalue weighted by Gasteiger charge is 2.46. The van der Waals surface area contributed by atoms with Crippen LogP contribution in [0.5, 0.6) is 0 Å². The first-order chi connectivity index (χ1) is 12.6. The van der Waals surface area contributed by atoms with E-state index in [0.29, 0.717) is 16.1 Å². The topological polar surface area (TPSA) is 60.9 Å². The molecule has 0 bridgehead atoms. The molecule has 2 aliphatic rings. The SMILES string of the molecule is O=C(O)C1c2ccccc2C(=O)N(N2CCCC2)C1c1ccc(Cl)cc1. The van der Waals surface area contributed by atoms with E-state index < -0.39 is 17.9 Å². The molecule has 6 heteroatoms. The van der Waals surface area contributed by atoms with Crippen molar-refractivity contribution in [1.29, 1.82) is 0 Å². The molecule has 134 valence electrons. The summed E-state index contributed by atoms with van der Waals surface area (Å²) in [6, 6.07) is 13.5. The normalized spacial score (nSPS) is 23.1. The van der Waals surface area contributed by atoms with Gasteiger partial charge in [0.1, 0.15) is 5.92 Å². The number of hydrogen-bond donors (Lipinski definition) is 1. The first-order valence-corrected chi connectivity index (χ1v) is 9.11. The van der Waals surface area contributed by atoms with E-state index in [-0.39, 0.29) is 5.91 Å². The van der Waals surface area contributed by atoms with E-state index in [1.54, 1.807) is 41.4 Å². The summed E-state index contributed by atoms with van der Waals surface area (Å²) in [5.74, 6) is -1.90. The van der Waals surface area contributed by atoms with Gasteiger partial charge in [0.25, 0.3) is 5.91 Å². The third kappa shape index (κ3) is 2.77. The summed E-state index contributed by atoms with van der Waals surface area (Å²) < 4.78 is 0. The fourth-order valence-corrected chi connectivity index (χ4v) is 4.13. The number of carboxylic acids is 1. The molecule has 1 saturated heterocycles. The van der Waals surface area contributed by atoms with Crippen molar-refractivity contribution in [2.24, 2.45) is 0 Å². The van der Waals surface area contributed by atoms with Gasteiger partial charge in [0, 0.05) is 23.7 Å². The van der Waals surface area contributed by atoms with Crippen molar-refractivity contribution < 1.29 is 14.7 Å². The van der Waals surface area contributed by atoms with Gasteiger partial charge in [0.15, 0.2) is 0 Å². The number of carbonyl (C=O) groups is 2. The second kappa shape index (κ2) is 6.74. The van der Waals surface area contributed by atoms with Crippen molar-refractivity contribution in [3.05, 3.63) is 70.2 Å². The molecular weight excluding hydrogens is 352 g/mol. The molecule has 0 spiro atoms. The number of hydrogen-bond acceptors (Lipinski definition) is 3. The molecule has 2 atom stereocenters. The Balaban J connectivity index is 1.91. The number of aliphatic carboxylic acids is 1.